The maximum atomic E-state index is 12.5. The largest absolute Gasteiger partial charge is 0.379 e. The molecule has 120 valence electrons. The van der Waals surface area contributed by atoms with Gasteiger partial charge < -0.3 is 14.9 Å². The minimum atomic E-state index is -1.15. The van der Waals surface area contributed by atoms with Crippen LogP contribution in [0.4, 0.5) is 5.82 Å². The molecule has 2 saturated heterocycles. The second-order valence-electron chi connectivity index (χ2n) is 6.03. The lowest BCUT2D eigenvalue weighted by molar-refractivity contribution is -0.149. The molecule has 22 heavy (non-hydrogen) atoms. The molecule has 1 N–H and O–H groups in total. The molecule has 0 radical (unpaired) electrons. The van der Waals surface area contributed by atoms with Crippen LogP contribution in [0.25, 0.3) is 0 Å². The molecule has 3 rings (SSSR count). The molecule has 1 amide bonds. The van der Waals surface area contributed by atoms with E-state index in [1.165, 1.54) is 0 Å². The third kappa shape index (κ3) is 3.05. The number of amides is 1. The van der Waals surface area contributed by atoms with Gasteiger partial charge in [-0.1, -0.05) is 0 Å². The fourth-order valence-electron chi connectivity index (χ4n) is 3.15. The quantitative estimate of drug-likeness (QED) is 0.886. The van der Waals surface area contributed by atoms with E-state index in [9.17, 15) is 9.90 Å². The molecule has 2 fully saturated rings. The van der Waals surface area contributed by atoms with Crippen LogP contribution in [0.2, 0.25) is 0 Å². The molecule has 1 unspecified atom stereocenters. The Hall–Kier alpha value is -1.34. The van der Waals surface area contributed by atoms with Crippen molar-refractivity contribution < 1.29 is 9.90 Å². The van der Waals surface area contributed by atoms with Crippen molar-refractivity contribution in [3.63, 3.8) is 0 Å². The van der Waals surface area contributed by atoms with Crippen LogP contribution in [0.5, 0.6) is 0 Å². The highest BCUT2D eigenvalue weighted by Gasteiger charge is 2.43. The number of nitrogens with zero attached hydrogens (tertiary/aromatic N) is 4. The van der Waals surface area contributed by atoms with Gasteiger partial charge in [0.15, 0.2) is 5.60 Å². The summed E-state index contributed by atoms with van der Waals surface area (Å²) in [5.74, 6) is 2.16. The average molecular weight is 322 g/mol. The Morgan fingerprint density at radius 1 is 1.45 bits per heavy atom. The van der Waals surface area contributed by atoms with Gasteiger partial charge in [0.25, 0.3) is 5.91 Å². The maximum Gasteiger partial charge on any atom is 0.255 e. The Balaban J connectivity index is 1.58. The van der Waals surface area contributed by atoms with Gasteiger partial charge in [0.05, 0.1) is 6.20 Å². The average Bonchev–Trinajstić information content (AvgIpc) is 3.02. The summed E-state index contributed by atoms with van der Waals surface area (Å²) in [7, 11) is 1.83. The van der Waals surface area contributed by atoms with Crippen molar-refractivity contribution in [1.29, 1.82) is 0 Å². The van der Waals surface area contributed by atoms with Gasteiger partial charge >= 0.3 is 0 Å². The van der Waals surface area contributed by atoms with E-state index in [0.717, 1.165) is 37.5 Å². The van der Waals surface area contributed by atoms with Crippen LogP contribution in [0, 0.1) is 0 Å². The molecule has 3 heterocycles. The van der Waals surface area contributed by atoms with Crippen LogP contribution >= 0.6 is 11.8 Å². The molecule has 0 spiro atoms. The predicted octanol–water partition coefficient (Wildman–Crippen LogP) is 0.772. The molecular formula is C15H22N4O2S. The Labute approximate surface area is 134 Å². The predicted molar refractivity (Wildman–Crippen MR) is 86.9 cm³/mol. The van der Waals surface area contributed by atoms with E-state index in [2.05, 4.69) is 14.9 Å². The second kappa shape index (κ2) is 6.42. The summed E-state index contributed by atoms with van der Waals surface area (Å²) in [6, 6.07) is 0.190. The second-order valence-corrected chi connectivity index (χ2v) is 7.14. The number of carbonyl (C=O) groups excluding carboxylic acids is 1. The number of aliphatic hydroxyl groups is 1. The zero-order valence-electron chi connectivity index (χ0n) is 12.8. The number of anilines is 1. The lowest BCUT2D eigenvalue weighted by atomic mass is 9.98. The maximum absolute atomic E-state index is 12.5. The summed E-state index contributed by atoms with van der Waals surface area (Å²) >= 11 is 1.65. The van der Waals surface area contributed by atoms with Gasteiger partial charge in [-0.2, -0.15) is 11.8 Å². The minimum Gasteiger partial charge on any atom is -0.379 e. The number of hydrogen-bond donors (Lipinski definition) is 1. The topological polar surface area (TPSA) is 69.6 Å². The van der Waals surface area contributed by atoms with Gasteiger partial charge in [-0.25, -0.2) is 4.98 Å². The Bertz CT molecular complexity index is 514. The fraction of sp³-hybridized carbons (Fsp3) is 0.667. The molecule has 1 aromatic rings. The van der Waals surface area contributed by atoms with E-state index in [1.54, 1.807) is 35.3 Å². The van der Waals surface area contributed by atoms with E-state index in [1.807, 2.05) is 7.05 Å². The summed E-state index contributed by atoms with van der Waals surface area (Å²) in [6.45, 7) is 1.71. The first-order valence-corrected chi connectivity index (χ1v) is 8.84. The highest BCUT2D eigenvalue weighted by Crippen LogP contribution is 2.31. The lowest BCUT2D eigenvalue weighted by Gasteiger charge is -2.39. The third-order valence-electron chi connectivity index (χ3n) is 4.61. The van der Waals surface area contributed by atoms with E-state index in [0.29, 0.717) is 12.2 Å². The molecule has 0 aromatic carbocycles. The zero-order chi connectivity index (χ0) is 15.6. The molecule has 2 aliphatic rings. The molecule has 0 aliphatic carbocycles. The smallest absolute Gasteiger partial charge is 0.255 e. The minimum absolute atomic E-state index is 0.115. The highest BCUT2D eigenvalue weighted by molar-refractivity contribution is 7.99. The molecular weight excluding hydrogens is 300 g/mol. The van der Waals surface area contributed by atoms with Crippen molar-refractivity contribution in [2.45, 2.75) is 30.9 Å². The lowest BCUT2D eigenvalue weighted by Crippen LogP contribution is -2.53. The highest BCUT2D eigenvalue weighted by atomic mass is 32.2. The number of carbonyl (C=O) groups is 1. The summed E-state index contributed by atoms with van der Waals surface area (Å²) < 4.78 is 0. The van der Waals surface area contributed by atoms with Gasteiger partial charge in [0.2, 0.25) is 0 Å². The van der Waals surface area contributed by atoms with Crippen LogP contribution < -0.4 is 4.90 Å². The molecule has 0 saturated carbocycles. The van der Waals surface area contributed by atoms with Crippen LogP contribution in [-0.2, 0) is 4.79 Å². The normalized spacial score (nSPS) is 26.2. The molecule has 1 aromatic heterocycles. The summed E-state index contributed by atoms with van der Waals surface area (Å²) in [5, 5.41) is 10.5. The Morgan fingerprint density at radius 2 is 2.23 bits per heavy atom. The number of likely N-dealkylation sites (N-methyl/N-ethyl adjacent to an activating group) is 1. The first-order chi connectivity index (χ1) is 10.6. The monoisotopic (exact) mass is 322 g/mol. The van der Waals surface area contributed by atoms with Crippen molar-refractivity contribution in [2.24, 2.45) is 0 Å². The zero-order valence-corrected chi connectivity index (χ0v) is 13.6. The van der Waals surface area contributed by atoms with E-state index >= 15 is 0 Å². The Morgan fingerprint density at radius 3 is 2.82 bits per heavy atom. The molecule has 1 atom stereocenters. The van der Waals surface area contributed by atoms with Gasteiger partial charge in [-0.05, 0) is 25.0 Å². The van der Waals surface area contributed by atoms with Gasteiger partial charge in [0, 0.05) is 44.3 Å². The van der Waals surface area contributed by atoms with E-state index in [-0.39, 0.29) is 11.9 Å². The number of thioether (sulfide) groups is 1. The third-order valence-corrected chi connectivity index (χ3v) is 5.78. The van der Waals surface area contributed by atoms with Crippen molar-refractivity contribution in [3.8, 4) is 0 Å². The van der Waals surface area contributed by atoms with Crippen molar-refractivity contribution in [1.82, 2.24) is 14.9 Å². The molecule has 0 bridgehead atoms. The standard InChI is InChI=1S/C15H22N4O2S/c1-18(14(20)15(21)4-9-22-11-15)12-2-7-19(8-3-12)13-10-16-5-6-17-13/h5-6,10,12,21H,2-4,7-9,11H2,1H3. The number of piperidine rings is 1. The van der Waals surface area contributed by atoms with Gasteiger partial charge in [-0.3, -0.25) is 9.78 Å². The summed E-state index contributed by atoms with van der Waals surface area (Å²) in [6.07, 6.45) is 7.49. The van der Waals surface area contributed by atoms with Crippen molar-refractivity contribution in [2.75, 3.05) is 36.5 Å². The number of rotatable bonds is 3. The molecule has 7 heteroatoms. The molecule has 6 nitrogen and oxygen atoms in total. The number of hydrogen-bond acceptors (Lipinski definition) is 6. The fourth-order valence-corrected chi connectivity index (χ4v) is 4.39. The van der Waals surface area contributed by atoms with Crippen LogP contribution in [0.1, 0.15) is 19.3 Å². The van der Waals surface area contributed by atoms with Crippen LogP contribution in [0.3, 0.4) is 0 Å². The van der Waals surface area contributed by atoms with Crippen molar-refractivity contribution in [3.05, 3.63) is 18.6 Å². The van der Waals surface area contributed by atoms with Gasteiger partial charge in [0.1, 0.15) is 5.82 Å². The van der Waals surface area contributed by atoms with E-state index in [4.69, 9.17) is 0 Å². The van der Waals surface area contributed by atoms with Gasteiger partial charge in [-0.15, -0.1) is 0 Å². The first kappa shape index (κ1) is 15.6. The first-order valence-electron chi connectivity index (χ1n) is 7.68. The summed E-state index contributed by atoms with van der Waals surface area (Å²) in [5.41, 5.74) is -1.15. The SMILES string of the molecule is CN(C(=O)C1(O)CCSC1)C1CCN(c2cnccn2)CC1. The van der Waals surface area contributed by atoms with E-state index < -0.39 is 5.60 Å². The Kier molecular flexibility index (Phi) is 4.54. The summed E-state index contributed by atoms with van der Waals surface area (Å²) in [4.78, 5) is 24.9. The molecule has 2 aliphatic heterocycles. The van der Waals surface area contributed by atoms with Crippen molar-refractivity contribution >= 4 is 23.5 Å². The number of aromatic nitrogens is 2. The van der Waals surface area contributed by atoms with Crippen LogP contribution in [-0.4, -0.2) is 69.2 Å². The van der Waals surface area contributed by atoms with Crippen LogP contribution in [0.15, 0.2) is 18.6 Å².